The summed E-state index contributed by atoms with van der Waals surface area (Å²) < 4.78 is 0. The van der Waals surface area contributed by atoms with Gasteiger partial charge in [0, 0.05) is 13.2 Å². The number of hydrogen-bond acceptors (Lipinski definition) is 1. The molecule has 0 spiro atoms. The molecule has 116 valence electrons. The van der Waals surface area contributed by atoms with Crippen LogP contribution in [0, 0.1) is 5.92 Å². The van der Waals surface area contributed by atoms with E-state index >= 15 is 0 Å². The van der Waals surface area contributed by atoms with Gasteiger partial charge in [0.25, 0.3) is 0 Å². The number of allylic oxidation sites excluding steroid dienone is 11. The lowest BCUT2D eigenvalue weighted by Crippen LogP contribution is -2.02. The van der Waals surface area contributed by atoms with Crippen LogP contribution in [-0.2, 0) is 0 Å². The highest BCUT2D eigenvalue weighted by Crippen LogP contribution is 2.20. The van der Waals surface area contributed by atoms with Gasteiger partial charge in [-0.15, -0.1) is 0 Å². The Morgan fingerprint density at radius 2 is 1.81 bits per heavy atom. The summed E-state index contributed by atoms with van der Waals surface area (Å²) in [6.45, 7) is 10.7. The maximum atomic E-state index is 3.14. The van der Waals surface area contributed by atoms with Crippen LogP contribution in [0.4, 0.5) is 0 Å². The van der Waals surface area contributed by atoms with Crippen molar-refractivity contribution in [3.63, 3.8) is 0 Å². The van der Waals surface area contributed by atoms with E-state index in [9.17, 15) is 0 Å². The number of nitrogens with one attached hydrogen (secondary N) is 1. The predicted molar refractivity (Wildman–Crippen MR) is 97.2 cm³/mol. The lowest BCUT2D eigenvalue weighted by molar-refractivity contribution is 0.778. The topological polar surface area (TPSA) is 12.0 Å². The molecule has 0 rings (SSSR count). The Morgan fingerprint density at radius 1 is 1.10 bits per heavy atom. The summed E-state index contributed by atoms with van der Waals surface area (Å²) in [5, 5.41) is 3.14. The van der Waals surface area contributed by atoms with Crippen LogP contribution in [0.2, 0.25) is 0 Å². The molecule has 0 radical (unpaired) electrons. The highest BCUT2D eigenvalue weighted by Gasteiger charge is 2.05. The van der Waals surface area contributed by atoms with Crippen LogP contribution in [0.25, 0.3) is 0 Å². The summed E-state index contributed by atoms with van der Waals surface area (Å²) in [5.41, 5.74) is 3.98. The van der Waals surface area contributed by atoms with Crippen molar-refractivity contribution in [1.29, 1.82) is 0 Å². The van der Waals surface area contributed by atoms with Gasteiger partial charge >= 0.3 is 0 Å². The molecule has 0 bridgehead atoms. The largest absolute Gasteiger partial charge is 0.393 e. The Labute approximate surface area is 131 Å². The maximum absolute atomic E-state index is 3.14. The second-order valence-electron chi connectivity index (χ2n) is 5.32. The molecule has 0 heterocycles. The summed E-state index contributed by atoms with van der Waals surface area (Å²) in [6.07, 6.45) is 20.0. The van der Waals surface area contributed by atoms with Gasteiger partial charge in [-0.1, -0.05) is 68.0 Å². The Morgan fingerprint density at radius 3 is 2.33 bits per heavy atom. The molecule has 1 nitrogen and oxygen atoms in total. The first-order chi connectivity index (χ1) is 10.1. The first-order valence-electron chi connectivity index (χ1n) is 7.72. The summed E-state index contributed by atoms with van der Waals surface area (Å²) in [6, 6.07) is 0. The van der Waals surface area contributed by atoms with Gasteiger partial charge in [-0.2, -0.15) is 0 Å². The summed E-state index contributed by atoms with van der Waals surface area (Å²) in [7, 11) is 1.94. The maximum Gasteiger partial charge on any atom is 0.00378 e. The lowest BCUT2D eigenvalue weighted by atomic mass is 9.95. The van der Waals surface area contributed by atoms with Crippen LogP contribution < -0.4 is 5.32 Å². The van der Waals surface area contributed by atoms with E-state index in [1.165, 1.54) is 16.7 Å². The van der Waals surface area contributed by atoms with E-state index in [-0.39, 0.29) is 0 Å². The summed E-state index contributed by atoms with van der Waals surface area (Å²) in [5.74, 6) is 0.527. The van der Waals surface area contributed by atoms with E-state index in [1.807, 2.05) is 26.1 Å². The van der Waals surface area contributed by atoms with Gasteiger partial charge in [0.05, 0.1) is 0 Å². The van der Waals surface area contributed by atoms with Crippen LogP contribution in [0.5, 0.6) is 0 Å². The average molecular weight is 285 g/mol. The molecule has 1 N–H and O–H groups in total. The Kier molecular flexibility index (Phi) is 11.0. The van der Waals surface area contributed by atoms with Gasteiger partial charge in [-0.25, -0.2) is 0 Å². The first-order valence-corrected chi connectivity index (χ1v) is 7.72. The second-order valence-corrected chi connectivity index (χ2v) is 5.32. The zero-order chi connectivity index (χ0) is 16.1. The van der Waals surface area contributed by atoms with E-state index in [1.54, 1.807) is 0 Å². The van der Waals surface area contributed by atoms with E-state index < -0.39 is 0 Å². The highest BCUT2D eigenvalue weighted by molar-refractivity contribution is 5.40. The molecule has 1 heteroatoms. The zero-order valence-electron chi connectivity index (χ0n) is 14.5. The minimum atomic E-state index is 0.527. The molecule has 0 aromatic carbocycles. The van der Waals surface area contributed by atoms with Crippen molar-refractivity contribution in [2.75, 3.05) is 7.05 Å². The third kappa shape index (κ3) is 8.91. The van der Waals surface area contributed by atoms with Crippen molar-refractivity contribution >= 4 is 0 Å². The molecule has 21 heavy (non-hydrogen) atoms. The van der Waals surface area contributed by atoms with Crippen molar-refractivity contribution in [1.82, 2.24) is 5.32 Å². The van der Waals surface area contributed by atoms with E-state index in [2.05, 4.69) is 75.7 Å². The summed E-state index contributed by atoms with van der Waals surface area (Å²) in [4.78, 5) is 0. The van der Waals surface area contributed by atoms with Crippen LogP contribution in [-0.4, -0.2) is 7.05 Å². The van der Waals surface area contributed by atoms with Gasteiger partial charge in [0.15, 0.2) is 0 Å². The molecule has 0 aromatic rings. The molecule has 0 aliphatic heterocycles. The Bertz CT molecular complexity index is 454. The second kappa shape index (κ2) is 12.0. The molecule has 0 fully saturated rings. The number of hydrogen-bond donors (Lipinski definition) is 1. The van der Waals surface area contributed by atoms with Crippen LogP contribution in [0.15, 0.2) is 71.5 Å². The van der Waals surface area contributed by atoms with Gasteiger partial charge in [0.2, 0.25) is 0 Å². The minimum Gasteiger partial charge on any atom is -0.393 e. The first kappa shape index (κ1) is 19.2. The van der Waals surface area contributed by atoms with Gasteiger partial charge in [-0.3, -0.25) is 0 Å². The third-order valence-electron chi connectivity index (χ3n) is 3.10. The number of rotatable bonds is 8. The van der Waals surface area contributed by atoms with Crippen LogP contribution in [0.1, 0.15) is 41.0 Å². The molecule has 0 unspecified atom stereocenters. The standard InChI is InChI=1S/C20H31N/c1-7-9-10-11-13-18(5)14-12-15-19(16-21-6)20(8-2)17(3)4/h7-13,15-17,21H,14H2,1-6H3/b9-7-,11-10-,15-12-,18-13+,19-16+,20-8+. The Balaban J connectivity index is 4.79. The highest BCUT2D eigenvalue weighted by atomic mass is 14.8. The minimum absolute atomic E-state index is 0.527. The smallest absolute Gasteiger partial charge is 0.00378 e. The van der Waals surface area contributed by atoms with E-state index in [0.29, 0.717) is 5.92 Å². The normalized spacial score (nSPS) is 15.1. The molecular formula is C20H31N. The van der Waals surface area contributed by atoms with Gasteiger partial charge < -0.3 is 5.32 Å². The fourth-order valence-electron chi connectivity index (χ4n) is 2.05. The average Bonchev–Trinajstić information content (AvgIpc) is 2.44. The molecular weight excluding hydrogens is 254 g/mol. The van der Waals surface area contributed by atoms with Crippen LogP contribution >= 0.6 is 0 Å². The SMILES string of the molecule is C\C=C/C=C\C=C(/C)C\C=C/C(=C\NC)C(=C/C)/C(C)C. The van der Waals surface area contributed by atoms with Crippen molar-refractivity contribution < 1.29 is 0 Å². The quantitative estimate of drug-likeness (QED) is 0.563. The molecule has 0 amide bonds. The monoisotopic (exact) mass is 285 g/mol. The third-order valence-corrected chi connectivity index (χ3v) is 3.10. The van der Waals surface area contributed by atoms with E-state index in [0.717, 1.165) is 6.42 Å². The lowest BCUT2D eigenvalue weighted by Gasteiger charge is -2.12. The van der Waals surface area contributed by atoms with Crippen molar-refractivity contribution in [2.45, 2.75) is 41.0 Å². The zero-order valence-corrected chi connectivity index (χ0v) is 14.5. The molecule has 0 aromatic heterocycles. The van der Waals surface area contributed by atoms with Crippen molar-refractivity contribution in [3.05, 3.63) is 71.5 Å². The summed E-state index contributed by atoms with van der Waals surface area (Å²) >= 11 is 0. The fourth-order valence-corrected chi connectivity index (χ4v) is 2.05. The van der Waals surface area contributed by atoms with E-state index in [4.69, 9.17) is 0 Å². The predicted octanol–water partition coefficient (Wildman–Crippen LogP) is 5.72. The Hall–Kier alpha value is -1.76. The molecule has 0 saturated heterocycles. The van der Waals surface area contributed by atoms with Gasteiger partial charge in [-0.05, 0) is 44.3 Å². The van der Waals surface area contributed by atoms with Gasteiger partial charge in [0.1, 0.15) is 0 Å². The van der Waals surface area contributed by atoms with Crippen molar-refractivity contribution in [3.8, 4) is 0 Å². The molecule has 0 atom stereocenters. The van der Waals surface area contributed by atoms with Crippen molar-refractivity contribution in [2.24, 2.45) is 5.92 Å². The molecule has 0 aliphatic carbocycles. The molecule has 0 aliphatic rings. The van der Waals surface area contributed by atoms with Crippen LogP contribution in [0.3, 0.4) is 0 Å². The fraction of sp³-hybridized carbons (Fsp3) is 0.400. The molecule has 0 saturated carbocycles.